The smallest absolute Gasteiger partial charge is 0.141 e. The molecule has 0 aliphatic rings. The molecular formula is C17H17F2NO. The lowest BCUT2D eigenvalue weighted by Crippen LogP contribution is -1.88. The van der Waals surface area contributed by atoms with Crippen LogP contribution in [-0.2, 0) is 6.42 Å². The van der Waals surface area contributed by atoms with Gasteiger partial charge in [-0.3, -0.25) is 4.98 Å². The molecular weight excluding hydrogens is 272 g/mol. The first kappa shape index (κ1) is 15.2. The van der Waals surface area contributed by atoms with E-state index in [1.54, 1.807) is 12.1 Å². The molecule has 4 heteroatoms. The van der Waals surface area contributed by atoms with E-state index in [9.17, 15) is 8.78 Å². The van der Waals surface area contributed by atoms with Gasteiger partial charge >= 0.3 is 0 Å². The number of aryl methyl sites for hydroxylation is 2. The molecule has 3 rings (SSSR count). The summed E-state index contributed by atoms with van der Waals surface area (Å²) >= 11 is 0. The molecule has 0 spiro atoms. The van der Waals surface area contributed by atoms with E-state index in [1.807, 2.05) is 13.0 Å². The zero-order valence-electron chi connectivity index (χ0n) is 12.1. The molecule has 0 radical (unpaired) electrons. The molecule has 0 atom stereocenters. The normalized spacial score (nSPS) is 10.3. The molecule has 0 bridgehead atoms. The summed E-state index contributed by atoms with van der Waals surface area (Å²) in [6, 6.07) is 8.11. The van der Waals surface area contributed by atoms with Gasteiger partial charge in [0.05, 0.1) is 17.8 Å². The van der Waals surface area contributed by atoms with Gasteiger partial charge in [-0.2, -0.15) is 0 Å². The van der Waals surface area contributed by atoms with E-state index in [4.69, 9.17) is 4.42 Å². The highest BCUT2D eigenvalue weighted by molar-refractivity contribution is 5.78. The number of hydrogen-bond acceptors (Lipinski definition) is 2. The summed E-state index contributed by atoms with van der Waals surface area (Å²) in [4.78, 5) is 3.89. The van der Waals surface area contributed by atoms with Crippen molar-refractivity contribution in [3.8, 4) is 0 Å². The van der Waals surface area contributed by atoms with Crippen molar-refractivity contribution in [1.29, 1.82) is 0 Å². The number of hydrogen-bond donors (Lipinski definition) is 0. The van der Waals surface area contributed by atoms with Gasteiger partial charge in [0, 0.05) is 5.69 Å². The Morgan fingerprint density at radius 1 is 1.14 bits per heavy atom. The van der Waals surface area contributed by atoms with Crippen molar-refractivity contribution in [3.63, 3.8) is 0 Å². The second kappa shape index (κ2) is 6.97. The Labute approximate surface area is 122 Å². The fourth-order valence-electron chi connectivity index (χ4n) is 1.97. The molecule has 21 heavy (non-hydrogen) atoms. The summed E-state index contributed by atoms with van der Waals surface area (Å²) in [5.41, 5.74) is 2.45. The van der Waals surface area contributed by atoms with Crippen LogP contribution in [0.4, 0.5) is 8.78 Å². The van der Waals surface area contributed by atoms with Gasteiger partial charge in [-0.05, 0) is 49.2 Å². The maximum Gasteiger partial charge on any atom is 0.141 e. The van der Waals surface area contributed by atoms with Crippen LogP contribution in [0.3, 0.4) is 0 Å². The Bertz CT molecular complexity index is 704. The van der Waals surface area contributed by atoms with Crippen molar-refractivity contribution in [2.75, 3.05) is 0 Å². The maximum atomic E-state index is 13.0. The standard InChI is InChI=1S/C9H7FO.C8H10FN/c1-6-4-8(10)7-2-3-11-9(7)5-6;1-2-3-8-5-4-7(9)6-10-8/h2-5H,1H3;4-6H,2-3H2,1H3. The van der Waals surface area contributed by atoms with E-state index >= 15 is 0 Å². The lowest BCUT2D eigenvalue weighted by Gasteiger charge is -1.94. The van der Waals surface area contributed by atoms with Crippen LogP contribution in [0, 0.1) is 18.6 Å². The van der Waals surface area contributed by atoms with Crippen LogP contribution < -0.4 is 0 Å². The minimum atomic E-state index is -0.264. The zero-order chi connectivity index (χ0) is 15.2. The fourth-order valence-corrected chi connectivity index (χ4v) is 1.97. The van der Waals surface area contributed by atoms with Gasteiger partial charge in [0.25, 0.3) is 0 Å². The summed E-state index contributed by atoms with van der Waals surface area (Å²) in [6.07, 6.45) is 4.73. The predicted molar refractivity (Wildman–Crippen MR) is 79.1 cm³/mol. The molecule has 0 saturated heterocycles. The van der Waals surface area contributed by atoms with E-state index in [2.05, 4.69) is 11.9 Å². The van der Waals surface area contributed by atoms with Crippen molar-refractivity contribution >= 4 is 11.0 Å². The highest BCUT2D eigenvalue weighted by Gasteiger charge is 2.02. The number of benzene rings is 1. The third kappa shape index (κ3) is 4.12. The number of fused-ring (bicyclic) bond motifs is 1. The van der Waals surface area contributed by atoms with Gasteiger partial charge < -0.3 is 4.42 Å². The van der Waals surface area contributed by atoms with Crippen LogP contribution in [0.2, 0.25) is 0 Å². The van der Waals surface area contributed by atoms with Gasteiger partial charge in [0.1, 0.15) is 17.2 Å². The van der Waals surface area contributed by atoms with Crippen LogP contribution >= 0.6 is 0 Å². The number of nitrogens with zero attached hydrogens (tertiary/aromatic N) is 1. The van der Waals surface area contributed by atoms with Crippen molar-refractivity contribution in [3.05, 3.63) is 65.7 Å². The number of halogens is 2. The quantitative estimate of drug-likeness (QED) is 0.659. The molecule has 0 aliphatic heterocycles. The molecule has 110 valence electrons. The SMILES string of the molecule is CCCc1ccc(F)cn1.Cc1cc(F)c2ccoc2c1. The van der Waals surface area contributed by atoms with Gasteiger partial charge in [-0.1, -0.05) is 13.3 Å². The molecule has 0 unspecified atom stereocenters. The molecule has 0 aliphatic carbocycles. The zero-order valence-corrected chi connectivity index (χ0v) is 12.1. The summed E-state index contributed by atoms with van der Waals surface area (Å²) in [5, 5.41) is 0.551. The number of aromatic nitrogens is 1. The number of pyridine rings is 1. The Morgan fingerprint density at radius 3 is 2.62 bits per heavy atom. The van der Waals surface area contributed by atoms with Crippen molar-refractivity contribution < 1.29 is 13.2 Å². The highest BCUT2D eigenvalue weighted by Crippen LogP contribution is 2.20. The van der Waals surface area contributed by atoms with E-state index in [0.717, 1.165) is 24.1 Å². The Morgan fingerprint density at radius 2 is 1.95 bits per heavy atom. The topological polar surface area (TPSA) is 26.0 Å². The first-order chi connectivity index (χ1) is 10.1. The third-order valence-electron chi connectivity index (χ3n) is 2.96. The lowest BCUT2D eigenvalue weighted by molar-refractivity contribution is 0.609. The minimum Gasteiger partial charge on any atom is -0.464 e. The molecule has 0 fully saturated rings. The maximum absolute atomic E-state index is 13.0. The average Bonchev–Trinajstić information content (AvgIpc) is 2.91. The molecule has 1 aromatic carbocycles. The second-order valence-corrected chi connectivity index (χ2v) is 4.80. The number of rotatable bonds is 2. The fraction of sp³-hybridized carbons (Fsp3) is 0.235. The van der Waals surface area contributed by atoms with Gasteiger partial charge in [-0.25, -0.2) is 8.78 Å². The first-order valence-electron chi connectivity index (χ1n) is 6.84. The van der Waals surface area contributed by atoms with Crippen molar-refractivity contribution in [2.45, 2.75) is 26.7 Å². The second-order valence-electron chi connectivity index (χ2n) is 4.80. The molecule has 0 amide bonds. The summed E-state index contributed by atoms with van der Waals surface area (Å²) in [7, 11) is 0. The first-order valence-corrected chi connectivity index (χ1v) is 6.84. The van der Waals surface area contributed by atoms with Crippen molar-refractivity contribution in [1.82, 2.24) is 4.98 Å². The monoisotopic (exact) mass is 289 g/mol. The molecule has 2 nitrogen and oxygen atoms in total. The van der Waals surface area contributed by atoms with E-state index in [-0.39, 0.29) is 11.6 Å². The summed E-state index contributed by atoms with van der Waals surface area (Å²) in [5.74, 6) is -0.478. The largest absolute Gasteiger partial charge is 0.464 e. The molecule has 3 aromatic rings. The van der Waals surface area contributed by atoms with Crippen molar-refractivity contribution in [2.24, 2.45) is 0 Å². The molecule has 0 saturated carbocycles. The van der Waals surface area contributed by atoms with Crippen LogP contribution in [0.1, 0.15) is 24.6 Å². The minimum absolute atomic E-state index is 0.214. The summed E-state index contributed by atoms with van der Waals surface area (Å²) in [6.45, 7) is 3.91. The third-order valence-corrected chi connectivity index (χ3v) is 2.96. The van der Waals surface area contributed by atoms with E-state index in [1.165, 1.54) is 24.6 Å². The molecule has 0 N–H and O–H groups in total. The Kier molecular flexibility index (Phi) is 5.04. The summed E-state index contributed by atoms with van der Waals surface area (Å²) < 4.78 is 30.3. The Hall–Kier alpha value is -2.23. The van der Waals surface area contributed by atoms with Gasteiger partial charge in [0.15, 0.2) is 0 Å². The van der Waals surface area contributed by atoms with E-state index < -0.39 is 0 Å². The highest BCUT2D eigenvalue weighted by atomic mass is 19.1. The Balaban J connectivity index is 0.000000155. The van der Waals surface area contributed by atoms with Crippen LogP contribution in [-0.4, -0.2) is 4.98 Å². The predicted octanol–water partition coefficient (Wildman–Crippen LogP) is 5.05. The average molecular weight is 289 g/mol. The molecule has 2 heterocycles. The lowest BCUT2D eigenvalue weighted by atomic mass is 10.2. The molecule has 2 aromatic heterocycles. The number of furan rings is 1. The van der Waals surface area contributed by atoms with Crippen LogP contribution in [0.25, 0.3) is 11.0 Å². The van der Waals surface area contributed by atoms with Crippen LogP contribution in [0.5, 0.6) is 0 Å². The van der Waals surface area contributed by atoms with Crippen LogP contribution in [0.15, 0.2) is 47.2 Å². The van der Waals surface area contributed by atoms with E-state index in [0.29, 0.717) is 11.0 Å². The van der Waals surface area contributed by atoms with Gasteiger partial charge in [0.2, 0.25) is 0 Å². The van der Waals surface area contributed by atoms with Gasteiger partial charge in [-0.15, -0.1) is 0 Å².